The Bertz CT molecular complexity index is 319. The third kappa shape index (κ3) is 1.55. The van der Waals surface area contributed by atoms with Crippen LogP contribution in [0.25, 0.3) is 0 Å². The van der Waals surface area contributed by atoms with E-state index in [1.54, 1.807) is 0 Å². The van der Waals surface area contributed by atoms with Crippen molar-refractivity contribution in [1.29, 1.82) is 0 Å². The number of hydrogen-bond acceptors (Lipinski definition) is 3. The lowest BCUT2D eigenvalue weighted by molar-refractivity contribution is 0.670. The molecule has 0 bridgehead atoms. The van der Waals surface area contributed by atoms with Gasteiger partial charge in [-0.05, 0) is 12.8 Å². The molecule has 0 aromatic heterocycles. The predicted octanol–water partition coefficient (Wildman–Crippen LogP) is 0.883. The molecule has 0 aliphatic rings. The van der Waals surface area contributed by atoms with Gasteiger partial charge in [0.15, 0.2) is 0 Å². The third-order valence-electron chi connectivity index (χ3n) is 2.09. The van der Waals surface area contributed by atoms with Gasteiger partial charge in [-0.1, -0.05) is 13.8 Å². The van der Waals surface area contributed by atoms with E-state index in [4.69, 9.17) is 0 Å². The summed E-state index contributed by atoms with van der Waals surface area (Å²) in [6.07, 6.45) is 1.94. The van der Waals surface area contributed by atoms with Crippen LogP contribution in [-0.4, -0.2) is 6.04 Å². The smallest absolute Gasteiger partial charge is 0.248 e. The maximum Gasteiger partial charge on any atom is 0.248 e. The standard InChI is InChI=1S/C9H13NO2/c1-3-6(4-2)10-7-5-8(11)9(7)12/h5-6,10H,3-4H2,1-2H3. The van der Waals surface area contributed by atoms with Gasteiger partial charge in [0.2, 0.25) is 10.9 Å². The fraction of sp³-hybridized carbons (Fsp3) is 0.556. The van der Waals surface area contributed by atoms with Gasteiger partial charge in [0.1, 0.15) is 0 Å². The molecule has 66 valence electrons. The van der Waals surface area contributed by atoms with Crippen molar-refractivity contribution >= 4 is 5.69 Å². The van der Waals surface area contributed by atoms with Crippen molar-refractivity contribution in [3.05, 3.63) is 26.5 Å². The molecule has 0 saturated carbocycles. The van der Waals surface area contributed by atoms with Gasteiger partial charge in [-0.15, -0.1) is 0 Å². The van der Waals surface area contributed by atoms with E-state index < -0.39 is 0 Å². The second kappa shape index (κ2) is 3.52. The second-order valence-electron chi connectivity index (χ2n) is 2.91. The predicted molar refractivity (Wildman–Crippen MR) is 49.3 cm³/mol. The molecule has 0 aliphatic carbocycles. The van der Waals surface area contributed by atoms with Gasteiger partial charge in [-0.25, -0.2) is 0 Å². The molecule has 0 amide bonds. The highest BCUT2D eigenvalue weighted by atomic mass is 16.2. The molecule has 0 fully saturated rings. The van der Waals surface area contributed by atoms with E-state index in [2.05, 4.69) is 5.32 Å². The molecule has 0 atom stereocenters. The Balaban J connectivity index is 2.60. The topological polar surface area (TPSA) is 46.2 Å². The Morgan fingerprint density at radius 1 is 1.33 bits per heavy atom. The fourth-order valence-corrected chi connectivity index (χ4v) is 1.14. The number of hydrogen-bond donors (Lipinski definition) is 1. The lowest BCUT2D eigenvalue weighted by atomic mass is 10.1. The van der Waals surface area contributed by atoms with Crippen LogP contribution in [0.3, 0.4) is 0 Å². The lowest BCUT2D eigenvalue weighted by Crippen LogP contribution is -2.35. The lowest BCUT2D eigenvalue weighted by Gasteiger charge is -2.15. The van der Waals surface area contributed by atoms with Gasteiger partial charge in [-0.2, -0.15) is 0 Å². The van der Waals surface area contributed by atoms with Gasteiger partial charge in [0.25, 0.3) is 0 Å². The van der Waals surface area contributed by atoms with E-state index in [1.165, 1.54) is 6.07 Å². The molecule has 12 heavy (non-hydrogen) atoms. The van der Waals surface area contributed by atoms with Gasteiger partial charge in [0, 0.05) is 12.1 Å². The van der Waals surface area contributed by atoms with E-state index >= 15 is 0 Å². The average Bonchev–Trinajstić information content (AvgIpc) is 2.11. The van der Waals surface area contributed by atoms with Crippen molar-refractivity contribution in [3.8, 4) is 0 Å². The number of nitrogens with one attached hydrogen (secondary N) is 1. The molecular formula is C9H13NO2. The Labute approximate surface area is 71.1 Å². The van der Waals surface area contributed by atoms with E-state index in [1.807, 2.05) is 13.8 Å². The quantitative estimate of drug-likeness (QED) is 0.677. The van der Waals surface area contributed by atoms with Crippen molar-refractivity contribution in [2.75, 3.05) is 5.32 Å². The van der Waals surface area contributed by atoms with E-state index in [0.717, 1.165) is 12.8 Å². The summed E-state index contributed by atoms with van der Waals surface area (Å²) in [4.78, 5) is 21.4. The Hall–Kier alpha value is -1.12. The monoisotopic (exact) mass is 167 g/mol. The SMILES string of the molecule is CCC(CC)Nc1cc(=O)c1=O. The van der Waals surface area contributed by atoms with Crippen LogP contribution < -0.4 is 16.2 Å². The minimum Gasteiger partial charge on any atom is -0.379 e. The summed E-state index contributed by atoms with van der Waals surface area (Å²) in [5, 5.41) is 3.02. The van der Waals surface area contributed by atoms with Crippen molar-refractivity contribution in [1.82, 2.24) is 0 Å². The average molecular weight is 167 g/mol. The molecule has 0 spiro atoms. The highest BCUT2D eigenvalue weighted by molar-refractivity contribution is 5.47. The summed E-state index contributed by atoms with van der Waals surface area (Å²) in [7, 11) is 0. The largest absolute Gasteiger partial charge is 0.379 e. The molecule has 1 rings (SSSR count). The van der Waals surface area contributed by atoms with Crippen LogP contribution in [0.1, 0.15) is 26.7 Å². The van der Waals surface area contributed by atoms with Gasteiger partial charge >= 0.3 is 0 Å². The number of rotatable bonds is 4. The second-order valence-corrected chi connectivity index (χ2v) is 2.91. The maximum absolute atomic E-state index is 10.8. The van der Waals surface area contributed by atoms with Crippen LogP contribution in [0.2, 0.25) is 0 Å². The van der Waals surface area contributed by atoms with Crippen LogP contribution in [0.15, 0.2) is 15.7 Å². The molecule has 0 saturated heterocycles. The molecule has 1 aromatic carbocycles. The van der Waals surface area contributed by atoms with Crippen molar-refractivity contribution in [3.63, 3.8) is 0 Å². The van der Waals surface area contributed by atoms with Gasteiger partial charge < -0.3 is 5.32 Å². The van der Waals surface area contributed by atoms with Gasteiger partial charge in [-0.3, -0.25) is 9.59 Å². The summed E-state index contributed by atoms with van der Waals surface area (Å²) in [6.45, 7) is 4.10. The molecular weight excluding hydrogens is 154 g/mol. The van der Waals surface area contributed by atoms with Crippen LogP contribution in [0.5, 0.6) is 0 Å². The van der Waals surface area contributed by atoms with Crippen LogP contribution in [0.4, 0.5) is 5.69 Å². The van der Waals surface area contributed by atoms with Crippen LogP contribution >= 0.6 is 0 Å². The first-order valence-corrected chi connectivity index (χ1v) is 4.25. The van der Waals surface area contributed by atoms with E-state index in [0.29, 0.717) is 11.7 Å². The molecule has 0 unspecified atom stereocenters. The Morgan fingerprint density at radius 3 is 2.25 bits per heavy atom. The summed E-state index contributed by atoms with van der Waals surface area (Å²) < 4.78 is 0. The van der Waals surface area contributed by atoms with E-state index in [9.17, 15) is 9.59 Å². The summed E-state index contributed by atoms with van der Waals surface area (Å²) in [6, 6.07) is 1.67. The van der Waals surface area contributed by atoms with E-state index in [-0.39, 0.29) is 10.9 Å². The molecule has 1 N–H and O–H groups in total. The molecule has 0 aliphatic heterocycles. The van der Waals surface area contributed by atoms with Crippen molar-refractivity contribution in [2.45, 2.75) is 32.7 Å². The minimum absolute atomic E-state index is 0.313. The summed E-state index contributed by atoms with van der Waals surface area (Å²) >= 11 is 0. The highest BCUT2D eigenvalue weighted by Crippen LogP contribution is 2.05. The zero-order valence-electron chi connectivity index (χ0n) is 7.39. The Morgan fingerprint density at radius 2 is 1.92 bits per heavy atom. The van der Waals surface area contributed by atoms with Crippen LogP contribution in [-0.2, 0) is 0 Å². The minimum atomic E-state index is -0.386. The van der Waals surface area contributed by atoms with Crippen molar-refractivity contribution in [2.24, 2.45) is 0 Å². The molecule has 1 aromatic rings. The molecule has 0 radical (unpaired) electrons. The first-order chi connectivity index (χ1) is 5.69. The first-order valence-electron chi connectivity index (χ1n) is 4.25. The zero-order chi connectivity index (χ0) is 9.14. The van der Waals surface area contributed by atoms with Crippen molar-refractivity contribution < 1.29 is 0 Å². The zero-order valence-corrected chi connectivity index (χ0v) is 7.39. The van der Waals surface area contributed by atoms with Gasteiger partial charge in [0.05, 0.1) is 5.69 Å². The highest BCUT2D eigenvalue weighted by Gasteiger charge is 2.11. The Kier molecular flexibility index (Phi) is 2.63. The normalized spacial score (nSPS) is 10.9. The molecule has 0 heterocycles. The maximum atomic E-state index is 10.8. The fourth-order valence-electron chi connectivity index (χ4n) is 1.14. The third-order valence-corrected chi connectivity index (χ3v) is 2.09. The summed E-state index contributed by atoms with van der Waals surface area (Å²) in [5.41, 5.74) is -0.279. The van der Waals surface area contributed by atoms with Crippen LogP contribution in [0, 0.1) is 0 Å². The number of anilines is 1. The first kappa shape index (κ1) is 8.97. The molecule has 3 heteroatoms. The summed E-state index contributed by atoms with van der Waals surface area (Å²) in [5.74, 6) is 0. The molecule has 3 nitrogen and oxygen atoms in total.